The summed E-state index contributed by atoms with van der Waals surface area (Å²) in [4.78, 5) is 43.9. The number of halogens is 1. The van der Waals surface area contributed by atoms with Crippen molar-refractivity contribution >= 4 is 46.7 Å². The SMILES string of the molecule is CCSc1nc2c(c(=O)[nH]1)[C@@H](C(=O)Nc1ccccc1Cl)CC(=O)N2. The van der Waals surface area contributed by atoms with Gasteiger partial charge in [-0.25, -0.2) is 4.98 Å². The third-order valence-corrected chi connectivity index (χ3v) is 4.74. The lowest BCUT2D eigenvalue weighted by molar-refractivity contribution is -0.123. The molecule has 3 rings (SSSR count). The van der Waals surface area contributed by atoms with Crippen LogP contribution in [0.3, 0.4) is 0 Å². The average molecular weight is 379 g/mol. The lowest BCUT2D eigenvalue weighted by Crippen LogP contribution is -2.36. The van der Waals surface area contributed by atoms with Gasteiger partial charge in [0.25, 0.3) is 5.56 Å². The maximum atomic E-state index is 12.7. The predicted molar refractivity (Wildman–Crippen MR) is 97.3 cm³/mol. The van der Waals surface area contributed by atoms with E-state index in [1.165, 1.54) is 11.8 Å². The van der Waals surface area contributed by atoms with Gasteiger partial charge in [-0.1, -0.05) is 42.4 Å². The summed E-state index contributed by atoms with van der Waals surface area (Å²) < 4.78 is 0. The molecule has 0 aliphatic carbocycles. The van der Waals surface area contributed by atoms with Crippen molar-refractivity contribution in [3.63, 3.8) is 0 Å². The molecule has 0 spiro atoms. The zero-order chi connectivity index (χ0) is 18.0. The highest BCUT2D eigenvalue weighted by molar-refractivity contribution is 7.99. The smallest absolute Gasteiger partial charge is 0.257 e. The van der Waals surface area contributed by atoms with E-state index >= 15 is 0 Å². The van der Waals surface area contributed by atoms with E-state index in [1.54, 1.807) is 24.3 Å². The number of rotatable bonds is 4. The fraction of sp³-hybridized carbons (Fsp3) is 0.250. The Kier molecular flexibility index (Phi) is 5.10. The normalized spacial score (nSPS) is 16.1. The molecule has 1 atom stereocenters. The Morgan fingerprint density at radius 3 is 2.88 bits per heavy atom. The van der Waals surface area contributed by atoms with Gasteiger partial charge in [0.2, 0.25) is 11.8 Å². The first-order chi connectivity index (χ1) is 12.0. The molecule has 1 aliphatic rings. The van der Waals surface area contributed by atoms with Gasteiger partial charge in [0, 0.05) is 6.42 Å². The number of H-pyrrole nitrogens is 1. The highest BCUT2D eigenvalue weighted by Crippen LogP contribution is 2.31. The minimum atomic E-state index is -0.933. The van der Waals surface area contributed by atoms with Gasteiger partial charge >= 0.3 is 0 Å². The van der Waals surface area contributed by atoms with Crippen molar-refractivity contribution in [3.8, 4) is 0 Å². The lowest BCUT2D eigenvalue weighted by atomic mass is 9.92. The van der Waals surface area contributed by atoms with Crippen molar-refractivity contribution in [3.05, 3.63) is 45.2 Å². The van der Waals surface area contributed by atoms with E-state index < -0.39 is 17.4 Å². The van der Waals surface area contributed by atoms with E-state index in [4.69, 9.17) is 11.6 Å². The van der Waals surface area contributed by atoms with Crippen molar-refractivity contribution in [1.29, 1.82) is 0 Å². The maximum absolute atomic E-state index is 12.7. The number of para-hydroxylation sites is 1. The number of hydrogen-bond donors (Lipinski definition) is 3. The topological polar surface area (TPSA) is 104 Å². The summed E-state index contributed by atoms with van der Waals surface area (Å²) in [7, 11) is 0. The van der Waals surface area contributed by atoms with E-state index in [0.29, 0.717) is 21.6 Å². The molecule has 0 fully saturated rings. The molecule has 0 bridgehead atoms. The third kappa shape index (κ3) is 3.69. The van der Waals surface area contributed by atoms with Crippen molar-refractivity contribution in [2.24, 2.45) is 0 Å². The molecule has 0 unspecified atom stereocenters. The van der Waals surface area contributed by atoms with Crippen LogP contribution < -0.4 is 16.2 Å². The van der Waals surface area contributed by atoms with Crippen molar-refractivity contribution in [2.75, 3.05) is 16.4 Å². The van der Waals surface area contributed by atoms with Crippen LogP contribution in [0.15, 0.2) is 34.2 Å². The van der Waals surface area contributed by atoms with Crippen molar-refractivity contribution in [1.82, 2.24) is 9.97 Å². The zero-order valence-electron chi connectivity index (χ0n) is 13.3. The minimum Gasteiger partial charge on any atom is -0.324 e. The van der Waals surface area contributed by atoms with Gasteiger partial charge in [-0.3, -0.25) is 14.4 Å². The Morgan fingerprint density at radius 2 is 2.16 bits per heavy atom. The number of aromatic nitrogens is 2. The summed E-state index contributed by atoms with van der Waals surface area (Å²) in [5.74, 6) is -0.927. The quantitative estimate of drug-likeness (QED) is 0.560. The number of carbonyl (C=O) groups excluding carboxylic acids is 2. The van der Waals surface area contributed by atoms with Crippen LogP contribution in [0.25, 0.3) is 0 Å². The summed E-state index contributed by atoms with van der Waals surface area (Å²) in [6.45, 7) is 1.92. The Hall–Kier alpha value is -2.32. The number of anilines is 2. The van der Waals surface area contributed by atoms with Crippen LogP contribution in [-0.2, 0) is 9.59 Å². The Balaban J connectivity index is 1.96. The molecule has 1 aliphatic heterocycles. The number of carbonyl (C=O) groups is 2. The summed E-state index contributed by atoms with van der Waals surface area (Å²) in [6, 6.07) is 6.75. The van der Waals surface area contributed by atoms with Crippen LogP contribution in [0.2, 0.25) is 5.02 Å². The fourth-order valence-corrected chi connectivity index (χ4v) is 3.34. The molecule has 2 heterocycles. The van der Waals surface area contributed by atoms with E-state index in [0.717, 1.165) is 0 Å². The maximum Gasteiger partial charge on any atom is 0.257 e. The predicted octanol–water partition coefficient (Wildman–Crippen LogP) is 2.60. The average Bonchev–Trinajstić information content (AvgIpc) is 2.56. The summed E-state index contributed by atoms with van der Waals surface area (Å²) in [5.41, 5.74) is 0.147. The Morgan fingerprint density at radius 1 is 1.40 bits per heavy atom. The molecule has 1 aromatic carbocycles. The minimum absolute atomic E-state index is 0.131. The van der Waals surface area contributed by atoms with Crippen LogP contribution in [0.1, 0.15) is 24.8 Å². The molecule has 0 saturated heterocycles. The van der Waals surface area contributed by atoms with Crippen molar-refractivity contribution < 1.29 is 9.59 Å². The Bertz CT molecular complexity index is 899. The second-order valence-electron chi connectivity index (χ2n) is 5.34. The molecule has 1 aromatic heterocycles. The number of nitrogens with zero attached hydrogens (tertiary/aromatic N) is 1. The molecular formula is C16H15ClN4O3S. The van der Waals surface area contributed by atoms with E-state index in [-0.39, 0.29) is 23.7 Å². The van der Waals surface area contributed by atoms with Crippen LogP contribution in [0, 0.1) is 0 Å². The molecule has 0 radical (unpaired) electrons. The molecule has 3 N–H and O–H groups in total. The number of aromatic amines is 1. The van der Waals surface area contributed by atoms with E-state index in [2.05, 4.69) is 20.6 Å². The first-order valence-corrected chi connectivity index (χ1v) is 8.98. The van der Waals surface area contributed by atoms with E-state index in [1.807, 2.05) is 6.92 Å². The van der Waals surface area contributed by atoms with Gasteiger partial charge in [-0.2, -0.15) is 0 Å². The highest BCUT2D eigenvalue weighted by Gasteiger charge is 2.34. The van der Waals surface area contributed by atoms with Crippen LogP contribution in [-0.4, -0.2) is 27.5 Å². The molecule has 2 amide bonds. The number of benzene rings is 1. The number of fused-ring (bicyclic) bond motifs is 1. The first kappa shape index (κ1) is 17.5. The fourth-order valence-electron chi connectivity index (χ4n) is 2.56. The number of amides is 2. The molecule has 0 saturated carbocycles. The number of nitrogens with one attached hydrogen (secondary N) is 3. The zero-order valence-corrected chi connectivity index (χ0v) is 14.8. The number of thioether (sulfide) groups is 1. The lowest BCUT2D eigenvalue weighted by Gasteiger charge is -2.23. The molecule has 7 nitrogen and oxygen atoms in total. The molecule has 25 heavy (non-hydrogen) atoms. The van der Waals surface area contributed by atoms with Crippen LogP contribution >= 0.6 is 23.4 Å². The number of hydrogen-bond acceptors (Lipinski definition) is 5. The molecule has 2 aromatic rings. The second-order valence-corrected chi connectivity index (χ2v) is 7.00. The van der Waals surface area contributed by atoms with Gasteiger partial charge in [-0.05, 0) is 17.9 Å². The van der Waals surface area contributed by atoms with Crippen LogP contribution in [0.5, 0.6) is 0 Å². The summed E-state index contributed by atoms with van der Waals surface area (Å²) >= 11 is 7.39. The third-order valence-electron chi connectivity index (χ3n) is 3.66. The van der Waals surface area contributed by atoms with Gasteiger partial charge in [0.1, 0.15) is 5.82 Å². The standard InChI is InChI=1S/C16H15ClN4O3S/c1-2-25-16-20-13-12(15(24)21-16)8(7-11(22)19-13)14(23)18-10-6-4-3-5-9(10)17/h3-6,8H,2,7H2,1H3,(H,18,23)(H2,19,20,21,22,24)/t8-/m0/s1. The van der Waals surface area contributed by atoms with Gasteiger partial charge < -0.3 is 15.6 Å². The second kappa shape index (κ2) is 7.28. The van der Waals surface area contributed by atoms with Crippen molar-refractivity contribution in [2.45, 2.75) is 24.4 Å². The van der Waals surface area contributed by atoms with Gasteiger partial charge in [-0.15, -0.1) is 0 Å². The highest BCUT2D eigenvalue weighted by atomic mass is 35.5. The summed E-state index contributed by atoms with van der Waals surface area (Å²) in [6.07, 6.45) is -0.131. The molecule has 9 heteroatoms. The van der Waals surface area contributed by atoms with E-state index in [9.17, 15) is 14.4 Å². The summed E-state index contributed by atoms with van der Waals surface area (Å²) in [5, 5.41) is 6.02. The van der Waals surface area contributed by atoms with Crippen LogP contribution in [0.4, 0.5) is 11.5 Å². The largest absolute Gasteiger partial charge is 0.324 e. The molecule has 130 valence electrons. The first-order valence-electron chi connectivity index (χ1n) is 7.61. The monoisotopic (exact) mass is 378 g/mol. The van der Waals surface area contributed by atoms with Gasteiger partial charge in [0.05, 0.1) is 22.2 Å². The molecular weight excluding hydrogens is 364 g/mol. The van der Waals surface area contributed by atoms with Gasteiger partial charge in [0.15, 0.2) is 5.16 Å². The Labute approximate surface area is 152 Å².